The van der Waals surface area contributed by atoms with Gasteiger partial charge in [-0.3, -0.25) is 14.9 Å². The van der Waals surface area contributed by atoms with Crippen LogP contribution < -0.4 is 0 Å². The maximum Gasteiger partial charge on any atom is 0.330 e. The van der Waals surface area contributed by atoms with Crippen molar-refractivity contribution in [2.75, 3.05) is 0 Å². The van der Waals surface area contributed by atoms with Gasteiger partial charge in [0, 0.05) is 12.1 Å². The molecule has 2 saturated heterocycles. The van der Waals surface area contributed by atoms with E-state index in [0.717, 1.165) is 5.56 Å². The van der Waals surface area contributed by atoms with E-state index in [0.29, 0.717) is 12.0 Å². The van der Waals surface area contributed by atoms with E-state index in [4.69, 9.17) is 4.74 Å². The van der Waals surface area contributed by atoms with E-state index in [9.17, 15) is 19.7 Å². The highest BCUT2D eigenvalue weighted by Gasteiger charge is 2.55. The standard InChI is InChI=1S/C19H16N2O5S/c22-15-10-16-20(15)17(18(27-16)13-4-2-1-3-5-13)19(23)26-11-12-6-8-14(9-7-12)21(24)25/h1-9,16-18H,10-11H2/t16-,17-,18-/m1/s1. The van der Waals surface area contributed by atoms with Gasteiger partial charge in [-0.25, -0.2) is 4.79 Å². The van der Waals surface area contributed by atoms with Gasteiger partial charge in [-0.1, -0.05) is 30.3 Å². The van der Waals surface area contributed by atoms with Gasteiger partial charge in [0.15, 0.2) is 0 Å². The predicted octanol–water partition coefficient (Wildman–Crippen LogP) is 3.05. The molecule has 1 amide bonds. The zero-order chi connectivity index (χ0) is 19.0. The monoisotopic (exact) mass is 384 g/mol. The lowest BCUT2D eigenvalue weighted by Gasteiger charge is -2.36. The molecule has 7 nitrogen and oxygen atoms in total. The summed E-state index contributed by atoms with van der Waals surface area (Å²) in [7, 11) is 0. The number of esters is 1. The van der Waals surface area contributed by atoms with E-state index < -0.39 is 16.9 Å². The van der Waals surface area contributed by atoms with Crippen LogP contribution in [0.2, 0.25) is 0 Å². The lowest BCUT2D eigenvalue weighted by atomic mass is 10.0. The van der Waals surface area contributed by atoms with Crippen molar-refractivity contribution in [2.24, 2.45) is 0 Å². The van der Waals surface area contributed by atoms with E-state index >= 15 is 0 Å². The number of hydrogen-bond donors (Lipinski definition) is 0. The first kappa shape index (κ1) is 17.5. The Bertz CT molecular complexity index is 887. The lowest BCUT2D eigenvalue weighted by Crippen LogP contribution is -2.54. The number of ether oxygens (including phenoxy) is 1. The molecule has 2 aromatic carbocycles. The normalized spacial score (nSPS) is 23.5. The van der Waals surface area contributed by atoms with Crippen LogP contribution in [0.1, 0.15) is 22.8 Å². The first-order valence-corrected chi connectivity index (χ1v) is 9.40. The zero-order valence-electron chi connectivity index (χ0n) is 14.2. The second-order valence-electron chi connectivity index (χ2n) is 6.40. The highest BCUT2D eigenvalue weighted by molar-refractivity contribution is 8.00. The number of fused-ring (bicyclic) bond motifs is 1. The van der Waals surface area contributed by atoms with Crippen LogP contribution >= 0.6 is 11.8 Å². The van der Waals surface area contributed by atoms with Crippen LogP contribution in [0.15, 0.2) is 54.6 Å². The Balaban J connectivity index is 1.48. The summed E-state index contributed by atoms with van der Waals surface area (Å²) in [6.45, 7) is 0.00615. The van der Waals surface area contributed by atoms with Gasteiger partial charge in [-0.15, -0.1) is 11.8 Å². The lowest BCUT2D eigenvalue weighted by molar-refractivity contribution is -0.384. The molecule has 0 aromatic heterocycles. The quantitative estimate of drug-likeness (QED) is 0.341. The van der Waals surface area contributed by atoms with Crippen LogP contribution in [0.3, 0.4) is 0 Å². The Hall–Kier alpha value is -2.87. The van der Waals surface area contributed by atoms with Crippen LogP contribution in [0.4, 0.5) is 5.69 Å². The number of β-lactam (4-membered cyclic amide) rings is 1. The third-order valence-corrected chi connectivity index (χ3v) is 6.27. The molecule has 138 valence electrons. The molecule has 0 saturated carbocycles. The molecule has 0 N–H and O–H groups in total. The Morgan fingerprint density at radius 3 is 2.52 bits per heavy atom. The van der Waals surface area contributed by atoms with Crippen molar-refractivity contribution >= 4 is 29.3 Å². The highest BCUT2D eigenvalue weighted by Crippen LogP contribution is 2.52. The van der Waals surface area contributed by atoms with E-state index in [1.807, 2.05) is 30.3 Å². The fourth-order valence-corrected chi connectivity index (χ4v) is 5.00. The average Bonchev–Trinajstić information content (AvgIpc) is 3.00. The van der Waals surface area contributed by atoms with Crippen molar-refractivity contribution in [1.29, 1.82) is 0 Å². The molecule has 0 unspecified atom stereocenters. The molecule has 27 heavy (non-hydrogen) atoms. The second-order valence-corrected chi connectivity index (χ2v) is 7.73. The number of hydrogen-bond acceptors (Lipinski definition) is 6. The Morgan fingerprint density at radius 1 is 1.19 bits per heavy atom. The minimum atomic E-state index is -0.651. The fraction of sp³-hybridized carbons (Fsp3) is 0.263. The largest absolute Gasteiger partial charge is 0.459 e. The number of carbonyl (C=O) groups is 2. The Labute approximate surface area is 159 Å². The van der Waals surface area contributed by atoms with Crippen LogP contribution in [0, 0.1) is 10.1 Å². The molecule has 0 aliphatic carbocycles. The third-order valence-electron chi connectivity index (χ3n) is 4.74. The SMILES string of the molecule is O=C(OCc1ccc([N+](=O)[O-])cc1)[C@H]1[C@@H](c2ccccc2)S[C@@H]2CC(=O)N21. The van der Waals surface area contributed by atoms with E-state index in [-0.39, 0.29) is 28.8 Å². The molecule has 8 heteroatoms. The minimum Gasteiger partial charge on any atom is -0.459 e. The number of benzene rings is 2. The summed E-state index contributed by atoms with van der Waals surface area (Å²) in [5, 5.41) is 10.6. The van der Waals surface area contributed by atoms with Gasteiger partial charge in [0.2, 0.25) is 5.91 Å². The molecule has 4 rings (SSSR count). The summed E-state index contributed by atoms with van der Waals surface area (Å²) in [5.74, 6) is -0.492. The first-order chi connectivity index (χ1) is 13.0. The van der Waals surface area contributed by atoms with Crippen LogP contribution in [-0.2, 0) is 20.9 Å². The summed E-state index contributed by atoms with van der Waals surface area (Å²) in [5.41, 5.74) is 1.62. The van der Waals surface area contributed by atoms with Crippen LogP contribution in [0.5, 0.6) is 0 Å². The number of thioether (sulfide) groups is 1. The van der Waals surface area contributed by atoms with Crippen molar-refractivity contribution in [1.82, 2.24) is 4.90 Å². The van der Waals surface area contributed by atoms with E-state index in [1.165, 1.54) is 12.1 Å². The maximum atomic E-state index is 12.8. The number of nitro groups is 1. The van der Waals surface area contributed by atoms with Gasteiger partial charge in [0.25, 0.3) is 5.69 Å². The van der Waals surface area contributed by atoms with Crippen molar-refractivity contribution in [2.45, 2.75) is 29.7 Å². The number of carbonyl (C=O) groups excluding carboxylic acids is 2. The van der Waals surface area contributed by atoms with E-state index in [1.54, 1.807) is 28.8 Å². The summed E-state index contributed by atoms with van der Waals surface area (Å²) in [6.07, 6.45) is 0.445. The Kier molecular flexibility index (Phi) is 4.57. The van der Waals surface area contributed by atoms with Crippen molar-refractivity contribution in [3.05, 3.63) is 75.8 Å². The average molecular weight is 384 g/mol. The molecule has 0 bridgehead atoms. The molecule has 2 aliphatic heterocycles. The number of nitrogens with zero attached hydrogens (tertiary/aromatic N) is 2. The van der Waals surface area contributed by atoms with Gasteiger partial charge in [0.05, 0.1) is 22.0 Å². The van der Waals surface area contributed by atoms with Gasteiger partial charge < -0.3 is 9.64 Å². The van der Waals surface area contributed by atoms with Gasteiger partial charge in [0.1, 0.15) is 12.6 Å². The number of nitro benzene ring substituents is 1. The number of rotatable bonds is 5. The summed E-state index contributed by atoms with van der Waals surface area (Å²) in [6, 6.07) is 14.8. The molecule has 2 heterocycles. The molecule has 2 fully saturated rings. The molecule has 0 spiro atoms. The molecule has 2 aliphatic rings. The molecule has 3 atom stereocenters. The highest BCUT2D eigenvalue weighted by atomic mass is 32.2. The van der Waals surface area contributed by atoms with Crippen LogP contribution in [-0.4, -0.2) is 33.1 Å². The second kappa shape index (κ2) is 7.03. The predicted molar refractivity (Wildman–Crippen MR) is 98.7 cm³/mol. The molecular weight excluding hydrogens is 368 g/mol. The third kappa shape index (κ3) is 3.28. The summed E-state index contributed by atoms with van der Waals surface area (Å²) < 4.78 is 5.45. The topological polar surface area (TPSA) is 89.7 Å². The summed E-state index contributed by atoms with van der Waals surface area (Å²) in [4.78, 5) is 36.6. The molecule has 2 aromatic rings. The smallest absolute Gasteiger partial charge is 0.330 e. The van der Waals surface area contributed by atoms with E-state index in [2.05, 4.69) is 0 Å². The van der Waals surface area contributed by atoms with Gasteiger partial charge in [-0.05, 0) is 23.3 Å². The first-order valence-electron chi connectivity index (χ1n) is 8.46. The van der Waals surface area contributed by atoms with Crippen molar-refractivity contribution in [3.8, 4) is 0 Å². The van der Waals surface area contributed by atoms with Crippen molar-refractivity contribution in [3.63, 3.8) is 0 Å². The van der Waals surface area contributed by atoms with Crippen molar-refractivity contribution < 1.29 is 19.2 Å². The maximum absolute atomic E-state index is 12.8. The number of amides is 1. The molecule has 0 radical (unpaired) electrons. The minimum absolute atomic E-state index is 0.00615. The Morgan fingerprint density at radius 2 is 1.89 bits per heavy atom. The number of non-ortho nitro benzene ring substituents is 1. The molecular formula is C19H16N2O5S. The van der Waals surface area contributed by atoms with Gasteiger partial charge in [-0.2, -0.15) is 0 Å². The van der Waals surface area contributed by atoms with Crippen LogP contribution in [0.25, 0.3) is 0 Å². The summed E-state index contributed by atoms with van der Waals surface area (Å²) >= 11 is 1.61. The zero-order valence-corrected chi connectivity index (χ0v) is 15.0. The van der Waals surface area contributed by atoms with Gasteiger partial charge >= 0.3 is 5.97 Å². The fourth-order valence-electron chi connectivity index (χ4n) is 3.33.